The van der Waals surface area contributed by atoms with E-state index in [9.17, 15) is 8.42 Å². The van der Waals surface area contributed by atoms with Crippen LogP contribution in [0.3, 0.4) is 0 Å². The molecule has 2 aliphatic heterocycles. The number of ether oxygens (including phenoxy) is 2. The summed E-state index contributed by atoms with van der Waals surface area (Å²) in [6, 6.07) is 24.4. The predicted octanol–water partition coefficient (Wildman–Crippen LogP) is 4.77. The molecule has 0 N–H and O–H groups in total. The van der Waals surface area contributed by atoms with Gasteiger partial charge in [0.25, 0.3) is 0 Å². The summed E-state index contributed by atoms with van der Waals surface area (Å²) in [6.07, 6.45) is 1.31. The molecular formula is C27H29NO4S. The summed E-state index contributed by atoms with van der Waals surface area (Å²) in [7, 11) is -2.12. The van der Waals surface area contributed by atoms with Crippen molar-refractivity contribution in [1.82, 2.24) is 4.31 Å². The number of hydrogen-bond acceptors (Lipinski definition) is 4. The molecule has 0 aliphatic carbocycles. The lowest BCUT2D eigenvalue weighted by Crippen LogP contribution is -2.42. The van der Waals surface area contributed by atoms with Gasteiger partial charge in [0, 0.05) is 12.5 Å². The van der Waals surface area contributed by atoms with Crippen LogP contribution in [0.2, 0.25) is 0 Å². The van der Waals surface area contributed by atoms with E-state index in [1.807, 2.05) is 61.5 Å². The summed E-state index contributed by atoms with van der Waals surface area (Å²) in [6.45, 7) is 2.62. The molecule has 0 amide bonds. The number of rotatable bonds is 6. The number of benzene rings is 3. The Kier molecular flexibility index (Phi) is 5.99. The van der Waals surface area contributed by atoms with Crippen LogP contribution in [0.15, 0.2) is 83.8 Å². The van der Waals surface area contributed by atoms with Crippen LogP contribution in [0.25, 0.3) is 0 Å². The van der Waals surface area contributed by atoms with Crippen LogP contribution in [0.4, 0.5) is 0 Å². The molecule has 0 unspecified atom stereocenters. The van der Waals surface area contributed by atoms with Crippen molar-refractivity contribution in [1.29, 1.82) is 0 Å². The van der Waals surface area contributed by atoms with E-state index in [1.54, 1.807) is 23.5 Å². The number of aryl methyl sites for hydroxylation is 1. The Bertz CT molecular complexity index is 1190. The Morgan fingerprint density at radius 2 is 1.67 bits per heavy atom. The average molecular weight is 464 g/mol. The molecule has 0 spiro atoms. The molecule has 0 bridgehead atoms. The fourth-order valence-corrected chi connectivity index (χ4v) is 7.17. The van der Waals surface area contributed by atoms with E-state index < -0.39 is 10.0 Å². The second-order valence-electron chi connectivity index (χ2n) is 8.91. The van der Waals surface area contributed by atoms with Crippen molar-refractivity contribution in [2.24, 2.45) is 5.92 Å². The lowest BCUT2D eigenvalue weighted by molar-refractivity contribution is 0.0742. The highest BCUT2D eigenvalue weighted by Crippen LogP contribution is 2.50. The Morgan fingerprint density at radius 3 is 2.33 bits per heavy atom. The van der Waals surface area contributed by atoms with Crippen LogP contribution < -0.4 is 4.74 Å². The second-order valence-corrected chi connectivity index (χ2v) is 10.8. The van der Waals surface area contributed by atoms with Gasteiger partial charge < -0.3 is 9.47 Å². The molecule has 5 rings (SSSR count). The van der Waals surface area contributed by atoms with Crippen LogP contribution in [0.1, 0.15) is 29.2 Å². The van der Waals surface area contributed by atoms with Crippen LogP contribution in [-0.2, 0) is 21.2 Å². The first-order valence-electron chi connectivity index (χ1n) is 11.4. The smallest absolute Gasteiger partial charge is 0.243 e. The van der Waals surface area contributed by atoms with E-state index >= 15 is 0 Å². The third-order valence-electron chi connectivity index (χ3n) is 6.91. The van der Waals surface area contributed by atoms with Gasteiger partial charge in [0.15, 0.2) is 0 Å². The third-order valence-corrected chi connectivity index (χ3v) is 8.83. The van der Waals surface area contributed by atoms with Crippen molar-refractivity contribution < 1.29 is 17.9 Å². The van der Waals surface area contributed by atoms with E-state index in [0.717, 1.165) is 28.9 Å². The van der Waals surface area contributed by atoms with Crippen molar-refractivity contribution in [3.63, 3.8) is 0 Å². The first-order valence-corrected chi connectivity index (χ1v) is 12.8. The summed E-state index contributed by atoms with van der Waals surface area (Å²) in [5.41, 5.74) is 3.11. The van der Waals surface area contributed by atoms with Crippen molar-refractivity contribution in [3.05, 3.63) is 95.6 Å². The van der Waals surface area contributed by atoms with Gasteiger partial charge in [0.1, 0.15) is 5.75 Å². The van der Waals surface area contributed by atoms with Crippen LogP contribution in [0.5, 0.6) is 5.75 Å². The molecule has 2 heterocycles. The molecular weight excluding hydrogens is 434 g/mol. The van der Waals surface area contributed by atoms with Gasteiger partial charge in [-0.05, 0) is 55.2 Å². The second kappa shape index (κ2) is 8.93. The normalized spacial score (nSPS) is 25.2. The van der Waals surface area contributed by atoms with Gasteiger partial charge in [-0.1, -0.05) is 60.2 Å². The summed E-state index contributed by atoms with van der Waals surface area (Å²) in [5, 5.41) is 0. The molecule has 0 saturated carbocycles. The molecule has 3 aromatic rings. The largest absolute Gasteiger partial charge is 0.497 e. The Labute approximate surface area is 196 Å². The van der Waals surface area contributed by atoms with E-state index in [4.69, 9.17) is 9.47 Å². The summed E-state index contributed by atoms with van der Waals surface area (Å²) in [5.74, 6) is 0.858. The summed E-state index contributed by atoms with van der Waals surface area (Å²) < 4.78 is 41.5. The lowest BCUT2D eigenvalue weighted by Gasteiger charge is -2.32. The van der Waals surface area contributed by atoms with Gasteiger partial charge in [-0.2, -0.15) is 4.31 Å². The van der Waals surface area contributed by atoms with Crippen molar-refractivity contribution in [3.8, 4) is 5.75 Å². The van der Waals surface area contributed by atoms with E-state index in [-0.39, 0.29) is 24.1 Å². The van der Waals surface area contributed by atoms with Crippen LogP contribution in [0, 0.1) is 12.8 Å². The first-order chi connectivity index (χ1) is 16.0. The standard InChI is InChI=1S/C27H29NO4S/c1-19-8-14-23(15-9-19)33(29,30)28-25(18-20-6-4-3-5-7-20)27-24(16-17-32-27)26(28)21-10-12-22(31-2)13-11-21/h3-15,24-27H,16-18H2,1-2H3/t24-,25+,26-,27-/m1/s1. The number of methoxy groups -OCH3 is 1. The maximum Gasteiger partial charge on any atom is 0.243 e. The third kappa shape index (κ3) is 4.07. The number of sulfonamides is 1. The topological polar surface area (TPSA) is 55.8 Å². The minimum absolute atomic E-state index is 0.104. The molecule has 2 fully saturated rings. The Balaban J connectivity index is 1.63. The molecule has 6 heteroatoms. The molecule has 33 heavy (non-hydrogen) atoms. The monoisotopic (exact) mass is 463 g/mol. The van der Waals surface area contributed by atoms with E-state index in [1.165, 1.54) is 0 Å². The van der Waals surface area contributed by atoms with Gasteiger partial charge in [0.2, 0.25) is 10.0 Å². The van der Waals surface area contributed by atoms with Crippen LogP contribution in [-0.4, -0.2) is 38.6 Å². The Morgan fingerprint density at radius 1 is 0.970 bits per heavy atom. The number of hydrogen-bond donors (Lipinski definition) is 0. The zero-order valence-corrected chi connectivity index (χ0v) is 19.7. The average Bonchev–Trinajstić information content (AvgIpc) is 3.42. The molecule has 0 radical (unpaired) electrons. The van der Waals surface area contributed by atoms with Gasteiger partial charge in [-0.25, -0.2) is 8.42 Å². The fourth-order valence-electron chi connectivity index (χ4n) is 5.32. The maximum absolute atomic E-state index is 14.1. The molecule has 172 valence electrons. The summed E-state index contributed by atoms with van der Waals surface area (Å²) in [4.78, 5) is 0.324. The zero-order chi connectivity index (χ0) is 23.0. The zero-order valence-electron chi connectivity index (χ0n) is 18.9. The van der Waals surface area contributed by atoms with Crippen LogP contribution >= 0.6 is 0 Å². The van der Waals surface area contributed by atoms with Gasteiger partial charge in [-0.15, -0.1) is 0 Å². The SMILES string of the molecule is COc1ccc([C@@H]2[C@H]3CCO[C@H]3[C@H](Cc3ccccc3)N2S(=O)(=O)c2ccc(C)cc2)cc1. The minimum Gasteiger partial charge on any atom is -0.497 e. The Hall–Kier alpha value is -2.67. The molecule has 2 aliphatic rings. The van der Waals surface area contributed by atoms with E-state index in [2.05, 4.69) is 12.1 Å². The first kappa shape index (κ1) is 22.1. The van der Waals surface area contributed by atoms with Gasteiger partial charge in [0.05, 0.1) is 30.2 Å². The molecule has 4 atom stereocenters. The van der Waals surface area contributed by atoms with Crippen molar-refractivity contribution >= 4 is 10.0 Å². The highest BCUT2D eigenvalue weighted by molar-refractivity contribution is 7.89. The predicted molar refractivity (Wildman–Crippen MR) is 128 cm³/mol. The number of fused-ring (bicyclic) bond motifs is 1. The molecule has 2 saturated heterocycles. The van der Waals surface area contributed by atoms with Crippen molar-refractivity contribution in [2.75, 3.05) is 13.7 Å². The minimum atomic E-state index is -3.76. The molecule has 0 aromatic heterocycles. The highest BCUT2D eigenvalue weighted by Gasteiger charge is 2.56. The lowest BCUT2D eigenvalue weighted by atomic mass is 9.90. The number of nitrogens with zero attached hydrogens (tertiary/aromatic N) is 1. The summed E-state index contributed by atoms with van der Waals surface area (Å²) >= 11 is 0. The quantitative estimate of drug-likeness (QED) is 0.529. The van der Waals surface area contributed by atoms with Gasteiger partial charge >= 0.3 is 0 Å². The van der Waals surface area contributed by atoms with E-state index in [0.29, 0.717) is 17.9 Å². The van der Waals surface area contributed by atoms with Gasteiger partial charge in [-0.3, -0.25) is 0 Å². The maximum atomic E-state index is 14.1. The molecule has 5 nitrogen and oxygen atoms in total. The molecule has 3 aromatic carbocycles. The highest BCUT2D eigenvalue weighted by atomic mass is 32.2. The fraction of sp³-hybridized carbons (Fsp3) is 0.333. The van der Waals surface area contributed by atoms with Crippen molar-refractivity contribution in [2.45, 2.75) is 42.8 Å².